The number of benzene rings is 2. The molecule has 0 fully saturated rings. The minimum absolute atomic E-state index is 0.192. The van der Waals surface area contributed by atoms with Crippen LogP contribution in [0.2, 0.25) is 5.02 Å². The van der Waals surface area contributed by atoms with E-state index >= 15 is 0 Å². The Labute approximate surface area is 166 Å². The summed E-state index contributed by atoms with van der Waals surface area (Å²) < 4.78 is 5.74. The number of carbonyl (C=O) groups is 1. The predicted molar refractivity (Wildman–Crippen MR) is 111 cm³/mol. The van der Waals surface area contributed by atoms with E-state index in [0.717, 1.165) is 30.8 Å². The molecule has 1 amide bonds. The topological polar surface area (TPSA) is 41.6 Å². The number of likely N-dealkylation sites (N-methyl/N-ethyl adjacent to an activating group) is 1. The van der Waals surface area contributed by atoms with E-state index in [1.807, 2.05) is 25.1 Å². The first-order chi connectivity index (χ1) is 12.9. The molecule has 27 heavy (non-hydrogen) atoms. The molecule has 3 rings (SSSR count). The Morgan fingerprint density at radius 3 is 2.81 bits per heavy atom. The molecule has 0 atom stereocenters. The third kappa shape index (κ3) is 4.28. The molecule has 2 aromatic carbocycles. The van der Waals surface area contributed by atoms with Crippen molar-refractivity contribution in [2.24, 2.45) is 0 Å². The molecule has 0 saturated heterocycles. The highest BCUT2D eigenvalue weighted by atomic mass is 35.5. The lowest BCUT2D eigenvalue weighted by atomic mass is 9.97. The second kappa shape index (κ2) is 8.32. The largest absolute Gasteiger partial charge is 0.493 e. The fourth-order valence-corrected chi connectivity index (χ4v) is 3.90. The molecule has 1 N–H and O–H groups in total. The van der Waals surface area contributed by atoms with Crippen molar-refractivity contribution in [2.45, 2.75) is 39.7 Å². The molecule has 0 bridgehead atoms. The monoisotopic (exact) mass is 386 g/mol. The maximum absolute atomic E-state index is 13.0. The van der Waals surface area contributed by atoms with Crippen molar-refractivity contribution in [1.82, 2.24) is 4.90 Å². The van der Waals surface area contributed by atoms with Crippen LogP contribution in [0.5, 0.6) is 5.75 Å². The molecular weight excluding hydrogens is 360 g/mol. The van der Waals surface area contributed by atoms with E-state index < -0.39 is 0 Å². The lowest BCUT2D eigenvalue weighted by Crippen LogP contribution is -2.27. The van der Waals surface area contributed by atoms with Crippen LogP contribution in [-0.2, 0) is 13.0 Å². The number of nitrogens with zero attached hydrogens (tertiary/aromatic N) is 1. The molecule has 1 aliphatic rings. The van der Waals surface area contributed by atoms with E-state index in [1.165, 1.54) is 11.1 Å². The second-order valence-corrected chi connectivity index (χ2v) is 7.75. The minimum Gasteiger partial charge on any atom is -0.493 e. The van der Waals surface area contributed by atoms with Crippen LogP contribution in [0, 0.1) is 0 Å². The molecule has 0 saturated carbocycles. The van der Waals surface area contributed by atoms with E-state index in [4.69, 9.17) is 16.3 Å². The lowest BCUT2D eigenvalue weighted by molar-refractivity contribution is 0.102. The molecule has 1 aliphatic heterocycles. The summed E-state index contributed by atoms with van der Waals surface area (Å²) >= 11 is 6.43. The smallest absolute Gasteiger partial charge is 0.259 e. The van der Waals surface area contributed by atoms with Crippen LogP contribution in [0.3, 0.4) is 0 Å². The van der Waals surface area contributed by atoms with Crippen molar-refractivity contribution in [3.8, 4) is 5.75 Å². The molecular formula is C22H27ClN2O2. The fraction of sp³-hybridized carbons (Fsp3) is 0.409. The Bertz CT molecular complexity index is 848. The first kappa shape index (κ1) is 19.7. The fourth-order valence-electron chi connectivity index (χ4n) is 3.52. The van der Waals surface area contributed by atoms with Crippen molar-refractivity contribution in [1.29, 1.82) is 0 Å². The average molecular weight is 387 g/mol. The first-order valence-corrected chi connectivity index (χ1v) is 9.85. The number of ether oxygens (including phenoxy) is 1. The van der Waals surface area contributed by atoms with Crippen molar-refractivity contribution < 1.29 is 9.53 Å². The Balaban J connectivity index is 1.93. The summed E-state index contributed by atoms with van der Waals surface area (Å²) in [5, 5.41) is 3.67. The van der Waals surface area contributed by atoms with Crippen LogP contribution in [-0.4, -0.2) is 31.0 Å². The zero-order chi connectivity index (χ0) is 19.6. The summed E-state index contributed by atoms with van der Waals surface area (Å²) in [5.41, 5.74) is 4.80. The third-order valence-electron chi connectivity index (χ3n) is 4.97. The SMILES string of the molecule is CCOc1cc(C(C)C)c(Cl)cc1C(=O)Nc1cccc2c1CCN(C)C2. The van der Waals surface area contributed by atoms with Crippen molar-refractivity contribution in [2.75, 3.05) is 25.5 Å². The average Bonchev–Trinajstić information content (AvgIpc) is 2.62. The molecule has 0 aromatic heterocycles. The van der Waals surface area contributed by atoms with Crippen LogP contribution in [0.4, 0.5) is 5.69 Å². The molecule has 0 radical (unpaired) electrons. The van der Waals surface area contributed by atoms with Gasteiger partial charge in [0.05, 0.1) is 12.2 Å². The second-order valence-electron chi connectivity index (χ2n) is 7.34. The van der Waals surface area contributed by atoms with E-state index in [2.05, 4.69) is 37.2 Å². The van der Waals surface area contributed by atoms with Gasteiger partial charge in [0.25, 0.3) is 5.91 Å². The van der Waals surface area contributed by atoms with Crippen LogP contribution < -0.4 is 10.1 Å². The van der Waals surface area contributed by atoms with Crippen molar-refractivity contribution in [3.05, 3.63) is 57.6 Å². The number of fused-ring (bicyclic) bond motifs is 1. The highest BCUT2D eigenvalue weighted by molar-refractivity contribution is 6.32. The van der Waals surface area contributed by atoms with Crippen LogP contribution >= 0.6 is 11.6 Å². The summed E-state index contributed by atoms with van der Waals surface area (Å²) in [7, 11) is 2.11. The third-order valence-corrected chi connectivity index (χ3v) is 5.30. The Hall–Kier alpha value is -2.04. The highest BCUT2D eigenvalue weighted by Gasteiger charge is 2.21. The van der Waals surface area contributed by atoms with Gasteiger partial charge in [-0.05, 0) is 61.2 Å². The quantitative estimate of drug-likeness (QED) is 0.777. The van der Waals surface area contributed by atoms with E-state index in [0.29, 0.717) is 22.9 Å². The van der Waals surface area contributed by atoms with Crippen LogP contribution in [0.25, 0.3) is 0 Å². The molecule has 1 heterocycles. The van der Waals surface area contributed by atoms with Crippen LogP contribution in [0.15, 0.2) is 30.3 Å². The van der Waals surface area contributed by atoms with E-state index in [9.17, 15) is 4.79 Å². The van der Waals surface area contributed by atoms with Gasteiger partial charge in [-0.3, -0.25) is 4.79 Å². The van der Waals surface area contributed by atoms with Crippen molar-refractivity contribution in [3.63, 3.8) is 0 Å². The predicted octanol–water partition coefficient (Wildman–Crippen LogP) is 5.10. The number of halogens is 1. The van der Waals surface area contributed by atoms with Gasteiger partial charge in [0.15, 0.2) is 0 Å². The molecule has 4 nitrogen and oxygen atoms in total. The van der Waals surface area contributed by atoms with Gasteiger partial charge in [0.2, 0.25) is 0 Å². The van der Waals surface area contributed by atoms with E-state index in [1.54, 1.807) is 6.07 Å². The number of hydrogen-bond acceptors (Lipinski definition) is 3. The first-order valence-electron chi connectivity index (χ1n) is 9.47. The number of rotatable bonds is 5. The number of nitrogens with one attached hydrogen (secondary N) is 1. The van der Waals surface area contributed by atoms with Gasteiger partial charge in [-0.25, -0.2) is 0 Å². The van der Waals surface area contributed by atoms with Crippen molar-refractivity contribution >= 4 is 23.2 Å². The van der Waals surface area contributed by atoms with Gasteiger partial charge in [0, 0.05) is 23.8 Å². The summed E-state index contributed by atoms with van der Waals surface area (Å²) in [6, 6.07) is 9.69. The maximum Gasteiger partial charge on any atom is 0.259 e. The molecule has 0 unspecified atom stereocenters. The van der Waals surface area contributed by atoms with Gasteiger partial charge >= 0.3 is 0 Å². The lowest BCUT2D eigenvalue weighted by Gasteiger charge is -2.27. The van der Waals surface area contributed by atoms with Gasteiger partial charge < -0.3 is 15.0 Å². The maximum atomic E-state index is 13.0. The number of hydrogen-bond donors (Lipinski definition) is 1. The number of carbonyl (C=O) groups excluding carboxylic acids is 1. The zero-order valence-electron chi connectivity index (χ0n) is 16.4. The highest BCUT2D eigenvalue weighted by Crippen LogP contribution is 2.33. The van der Waals surface area contributed by atoms with Gasteiger partial charge in [0.1, 0.15) is 5.75 Å². The normalized spacial score (nSPS) is 14.1. The Morgan fingerprint density at radius 2 is 2.11 bits per heavy atom. The summed E-state index contributed by atoms with van der Waals surface area (Å²) in [6.07, 6.45) is 0.924. The summed E-state index contributed by atoms with van der Waals surface area (Å²) in [6.45, 7) is 8.44. The minimum atomic E-state index is -0.192. The Kier molecular flexibility index (Phi) is 6.08. The Morgan fingerprint density at radius 1 is 1.33 bits per heavy atom. The van der Waals surface area contributed by atoms with Crippen LogP contribution in [0.1, 0.15) is 53.7 Å². The number of anilines is 1. The van der Waals surface area contributed by atoms with Gasteiger partial charge in [-0.15, -0.1) is 0 Å². The molecule has 144 valence electrons. The molecule has 5 heteroatoms. The molecule has 0 aliphatic carbocycles. The van der Waals surface area contributed by atoms with Gasteiger partial charge in [-0.1, -0.05) is 37.6 Å². The molecule has 2 aromatic rings. The standard InChI is InChI=1S/C22H27ClN2O2/c1-5-27-21-12-17(14(2)3)19(23)11-18(21)22(26)24-20-8-6-7-15-13-25(4)10-9-16(15)20/h6-8,11-12,14H,5,9-10,13H2,1-4H3,(H,24,26). The summed E-state index contributed by atoms with van der Waals surface area (Å²) in [5.74, 6) is 0.641. The van der Waals surface area contributed by atoms with E-state index in [-0.39, 0.29) is 11.8 Å². The summed E-state index contributed by atoms with van der Waals surface area (Å²) in [4.78, 5) is 15.3. The van der Waals surface area contributed by atoms with Gasteiger partial charge in [-0.2, -0.15) is 0 Å². The number of amides is 1. The zero-order valence-corrected chi connectivity index (χ0v) is 17.2. The molecule has 0 spiro atoms.